The first-order chi connectivity index (χ1) is 10.1. The summed E-state index contributed by atoms with van der Waals surface area (Å²) in [7, 11) is 0. The molecule has 0 aliphatic carbocycles. The SMILES string of the molecule is CC(O)(c1cc(Oc2ccc(O)cc2)ccc1O)C(F)(F)F. The third-order valence-corrected chi connectivity index (χ3v) is 3.12. The molecule has 1 unspecified atom stereocenters. The summed E-state index contributed by atoms with van der Waals surface area (Å²) in [6.45, 7) is 0.548. The van der Waals surface area contributed by atoms with Crippen LogP contribution in [0.1, 0.15) is 12.5 Å². The molecule has 22 heavy (non-hydrogen) atoms. The topological polar surface area (TPSA) is 69.9 Å². The smallest absolute Gasteiger partial charge is 0.421 e. The Morgan fingerprint density at radius 3 is 2.00 bits per heavy atom. The van der Waals surface area contributed by atoms with Crippen molar-refractivity contribution in [1.29, 1.82) is 0 Å². The van der Waals surface area contributed by atoms with Gasteiger partial charge in [0.25, 0.3) is 0 Å². The van der Waals surface area contributed by atoms with Gasteiger partial charge >= 0.3 is 6.18 Å². The van der Waals surface area contributed by atoms with Crippen molar-refractivity contribution in [2.45, 2.75) is 18.7 Å². The van der Waals surface area contributed by atoms with E-state index in [0.29, 0.717) is 6.92 Å². The van der Waals surface area contributed by atoms with Gasteiger partial charge in [-0.25, -0.2) is 0 Å². The van der Waals surface area contributed by atoms with E-state index in [4.69, 9.17) is 9.84 Å². The van der Waals surface area contributed by atoms with Crippen LogP contribution in [-0.2, 0) is 5.60 Å². The summed E-state index contributed by atoms with van der Waals surface area (Å²) in [5.41, 5.74) is -3.93. The van der Waals surface area contributed by atoms with E-state index in [-0.39, 0.29) is 17.2 Å². The molecule has 4 nitrogen and oxygen atoms in total. The average Bonchev–Trinajstić information content (AvgIpc) is 2.42. The third-order valence-electron chi connectivity index (χ3n) is 3.12. The molecule has 3 N–H and O–H groups in total. The molecule has 0 aliphatic heterocycles. The van der Waals surface area contributed by atoms with E-state index in [9.17, 15) is 23.4 Å². The van der Waals surface area contributed by atoms with Gasteiger partial charge in [-0.1, -0.05) is 0 Å². The molecule has 2 aromatic rings. The fraction of sp³-hybridized carbons (Fsp3) is 0.200. The summed E-state index contributed by atoms with van der Waals surface area (Å²) in [5, 5.41) is 28.4. The summed E-state index contributed by atoms with van der Waals surface area (Å²) in [5.74, 6) is -0.400. The molecule has 0 aromatic heterocycles. The number of ether oxygens (including phenoxy) is 1. The summed E-state index contributed by atoms with van der Waals surface area (Å²) in [6.07, 6.45) is -4.96. The minimum atomic E-state index is -4.96. The van der Waals surface area contributed by atoms with Crippen LogP contribution in [0.3, 0.4) is 0 Å². The van der Waals surface area contributed by atoms with Crippen molar-refractivity contribution in [2.24, 2.45) is 0 Å². The second-order valence-electron chi connectivity index (χ2n) is 4.84. The Hall–Kier alpha value is -2.41. The zero-order valence-electron chi connectivity index (χ0n) is 11.4. The van der Waals surface area contributed by atoms with Crippen LogP contribution in [0.25, 0.3) is 0 Å². The van der Waals surface area contributed by atoms with Crippen LogP contribution in [0.4, 0.5) is 13.2 Å². The van der Waals surface area contributed by atoms with E-state index in [1.54, 1.807) is 0 Å². The first-order valence-electron chi connectivity index (χ1n) is 6.21. The zero-order chi connectivity index (χ0) is 16.5. The molecule has 0 aliphatic rings. The quantitative estimate of drug-likeness (QED) is 0.808. The number of aromatic hydroxyl groups is 2. The van der Waals surface area contributed by atoms with Crippen molar-refractivity contribution in [1.82, 2.24) is 0 Å². The lowest BCUT2D eigenvalue weighted by Gasteiger charge is -2.27. The fourth-order valence-electron chi connectivity index (χ4n) is 1.77. The molecule has 0 bridgehead atoms. The van der Waals surface area contributed by atoms with Crippen molar-refractivity contribution >= 4 is 0 Å². The maximum Gasteiger partial charge on any atom is 0.421 e. The number of phenolic OH excluding ortho intramolecular Hbond substituents is 2. The Labute approximate surface area is 124 Å². The second-order valence-corrected chi connectivity index (χ2v) is 4.84. The number of rotatable bonds is 3. The number of hydrogen-bond acceptors (Lipinski definition) is 4. The predicted molar refractivity (Wildman–Crippen MR) is 71.9 cm³/mol. The van der Waals surface area contributed by atoms with Crippen LogP contribution in [0.15, 0.2) is 42.5 Å². The minimum Gasteiger partial charge on any atom is -0.508 e. The Bertz CT molecular complexity index is 663. The van der Waals surface area contributed by atoms with Gasteiger partial charge in [-0.2, -0.15) is 13.2 Å². The number of benzene rings is 2. The van der Waals surface area contributed by atoms with Crippen LogP contribution in [0.2, 0.25) is 0 Å². The molecule has 2 rings (SSSR count). The Kier molecular flexibility index (Phi) is 3.93. The van der Waals surface area contributed by atoms with Gasteiger partial charge < -0.3 is 20.1 Å². The maximum absolute atomic E-state index is 12.9. The van der Waals surface area contributed by atoms with Crippen molar-refractivity contribution in [2.75, 3.05) is 0 Å². The molecule has 0 saturated carbocycles. The van der Waals surface area contributed by atoms with E-state index < -0.39 is 23.1 Å². The molecule has 1 atom stereocenters. The van der Waals surface area contributed by atoms with Crippen LogP contribution >= 0.6 is 0 Å². The van der Waals surface area contributed by atoms with Gasteiger partial charge in [0.05, 0.1) is 0 Å². The van der Waals surface area contributed by atoms with Crippen molar-refractivity contribution in [3.8, 4) is 23.0 Å². The lowest BCUT2D eigenvalue weighted by Crippen LogP contribution is -2.39. The van der Waals surface area contributed by atoms with E-state index >= 15 is 0 Å². The zero-order valence-corrected chi connectivity index (χ0v) is 11.4. The summed E-state index contributed by atoms with van der Waals surface area (Å²) < 4.78 is 44.0. The number of alkyl halides is 3. The first kappa shape index (κ1) is 16.0. The summed E-state index contributed by atoms with van der Waals surface area (Å²) >= 11 is 0. The maximum atomic E-state index is 12.9. The highest BCUT2D eigenvalue weighted by molar-refractivity contribution is 5.45. The number of hydrogen-bond donors (Lipinski definition) is 3. The second kappa shape index (κ2) is 5.42. The number of halogens is 3. The molecule has 7 heteroatoms. The Balaban J connectivity index is 2.37. The normalized spacial score (nSPS) is 14.4. The van der Waals surface area contributed by atoms with Crippen molar-refractivity contribution in [3.63, 3.8) is 0 Å². The van der Waals surface area contributed by atoms with Crippen molar-refractivity contribution < 1.29 is 33.2 Å². The molecule has 0 saturated heterocycles. The van der Waals surface area contributed by atoms with Gasteiger partial charge in [-0.15, -0.1) is 0 Å². The highest BCUT2D eigenvalue weighted by Gasteiger charge is 2.52. The van der Waals surface area contributed by atoms with Crippen LogP contribution in [0.5, 0.6) is 23.0 Å². The number of phenols is 2. The molecule has 0 amide bonds. The van der Waals surface area contributed by atoms with E-state index in [2.05, 4.69) is 0 Å². The molecular weight excluding hydrogens is 301 g/mol. The van der Waals surface area contributed by atoms with E-state index in [0.717, 1.165) is 12.1 Å². The van der Waals surface area contributed by atoms with Crippen LogP contribution < -0.4 is 4.74 Å². The van der Waals surface area contributed by atoms with Gasteiger partial charge in [0.2, 0.25) is 0 Å². The Morgan fingerprint density at radius 1 is 0.909 bits per heavy atom. The molecule has 0 spiro atoms. The Morgan fingerprint density at radius 2 is 1.45 bits per heavy atom. The fourth-order valence-corrected chi connectivity index (χ4v) is 1.77. The standard InChI is InChI=1S/C15H13F3O4/c1-14(21,15(16,17)18)12-8-11(6-7-13(12)20)22-10-4-2-9(19)3-5-10/h2-8,19-21H,1H3. The van der Waals surface area contributed by atoms with Gasteiger partial charge in [-0.05, 0) is 49.4 Å². The highest BCUT2D eigenvalue weighted by Crippen LogP contribution is 2.43. The molecule has 2 aromatic carbocycles. The molecular formula is C15H13F3O4. The van der Waals surface area contributed by atoms with Gasteiger partial charge in [0.15, 0.2) is 5.60 Å². The number of aliphatic hydroxyl groups is 1. The van der Waals surface area contributed by atoms with Gasteiger partial charge in [-0.3, -0.25) is 0 Å². The monoisotopic (exact) mass is 314 g/mol. The minimum absolute atomic E-state index is 0.00279. The molecule has 118 valence electrons. The largest absolute Gasteiger partial charge is 0.508 e. The highest BCUT2D eigenvalue weighted by atomic mass is 19.4. The third kappa shape index (κ3) is 3.09. The summed E-state index contributed by atoms with van der Waals surface area (Å²) in [4.78, 5) is 0. The molecule has 0 radical (unpaired) electrons. The predicted octanol–water partition coefficient (Wildman–Crippen LogP) is 3.66. The van der Waals surface area contributed by atoms with Gasteiger partial charge in [0, 0.05) is 5.56 Å². The average molecular weight is 314 g/mol. The molecule has 0 fully saturated rings. The van der Waals surface area contributed by atoms with Gasteiger partial charge in [0.1, 0.15) is 23.0 Å². The van der Waals surface area contributed by atoms with E-state index in [1.165, 1.54) is 30.3 Å². The van der Waals surface area contributed by atoms with Crippen LogP contribution in [0, 0.1) is 0 Å². The lowest BCUT2D eigenvalue weighted by molar-refractivity contribution is -0.259. The summed E-state index contributed by atoms with van der Waals surface area (Å²) in [6, 6.07) is 8.72. The lowest BCUT2D eigenvalue weighted by atomic mass is 9.94. The molecule has 0 heterocycles. The van der Waals surface area contributed by atoms with Crippen LogP contribution in [-0.4, -0.2) is 21.5 Å². The van der Waals surface area contributed by atoms with Crippen molar-refractivity contribution in [3.05, 3.63) is 48.0 Å². The first-order valence-corrected chi connectivity index (χ1v) is 6.21. The van der Waals surface area contributed by atoms with E-state index in [1.807, 2.05) is 0 Å².